The number of halogens is 3. The van der Waals surface area contributed by atoms with Crippen LogP contribution < -0.4 is 10.2 Å². The molecule has 1 N–H and O–H groups in total. The maximum absolute atomic E-state index is 12.6. The Morgan fingerprint density at radius 1 is 0.966 bits per heavy atom. The highest BCUT2D eigenvalue weighted by atomic mass is 35.5. The highest BCUT2D eigenvalue weighted by Gasteiger charge is 2.27. The molecule has 0 spiro atoms. The van der Waals surface area contributed by atoms with E-state index in [1.165, 1.54) is 16.4 Å². The third-order valence-corrected chi connectivity index (χ3v) is 7.30. The van der Waals surface area contributed by atoms with Gasteiger partial charge in [0.05, 0.1) is 16.3 Å². The Bertz CT molecular complexity index is 993. The van der Waals surface area contributed by atoms with Crippen molar-refractivity contribution in [1.29, 1.82) is 0 Å². The monoisotopic (exact) mass is 475 g/mol. The number of hydrogen-bond acceptors (Lipinski definition) is 4. The normalized spacial score (nSPS) is 15.3. The Balaban J connectivity index is 1.51. The third-order valence-electron chi connectivity index (χ3n) is 4.62. The lowest BCUT2D eigenvalue weighted by molar-refractivity contribution is 0.0956. The minimum absolute atomic E-state index is 0.0154. The van der Waals surface area contributed by atoms with Gasteiger partial charge in [0.25, 0.3) is 5.91 Å². The van der Waals surface area contributed by atoms with Crippen molar-refractivity contribution >= 4 is 56.4 Å². The fraction of sp³-hybridized carbons (Fsp3) is 0.316. The standard InChI is InChI=1S/C19H20Cl3N3O3S/c20-14-2-1-3-16(12-14)24-7-9-25(10-8-24)29(27,28)11-6-23-19(26)17-13-15(21)4-5-18(17)22/h1-5,12-13H,6-11H2,(H,23,26). The molecule has 1 fully saturated rings. The molecule has 2 aromatic rings. The molecule has 0 radical (unpaired) electrons. The Hall–Kier alpha value is -1.51. The summed E-state index contributed by atoms with van der Waals surface area (Å²) in [6.45, 7) is 1.89. The molecule has 0 unspecified atom stereocenters. The van der Waals surface area contributed by atoms with Gasteiger partial charge in [-0.2, -0.15) is 4.31 Å². The van der Waals surface area contributed by atoms with Crippen LogP contribution >= 0.6 is 34.8 Å². The van der Waals surface area contributed by atoms with Crippen LogP contribution in [0.4, 0.5) is 5.69 Å². The lowest BCUT2D eigenvalue weighted by atomic mass is 10.2. The van der Waals surface area contributed by atoms with E-state index in [1.54, 1.807) is 12.1 Å². The van der Waals surface area contributed by atoms with Gasteiger partial charge in [0.2, 0.25) is 10.0 Å². The van der Waals surface area contributed by atoms with Gasteiger partial charge >= 0.3 is 0 Å². The molecule has 6 nitrogen and oxygen atoms in total. The van der Waals surface area contributed by atoms with E-state index in [0.29, 0.717) is 36.2 Å². The molecule has 0 aliphatic carbocycles. The number of piperazine rings is 1. The van der Waals surface area contributed by atoms with Gasteiger partial charge in [-0.3, -0.25) is 4.79 Å². The predicted octanol–water partition coefficient (Wildman–Crippen LogP) is 3.53. The van der Waals surface area contributed by atoms with Crippen molar-refractivity contribution in [2.24, 2.45) is 0 Å². The lowest BCUT2D eigenvalue weighted by Gasteiger charge is -2.35. The summed E-state index contributed by atoms with van der Waals surface area (Å²) in [7, 11) is -3.49. The number of benzene rings is 2. The summed E-state index contributed by atoms with van der Waals surface area (Å²) in [5.74, 6) is -0.646. The second-order valence-electron chi connectivity index (χ2n) is 6.56. The fourth-order valence-electron chi connectivity index (χ4n) is 3.09. The van der Waals surface area contributed by atoms with Crippen molar-refractivity contribution in [3.05, 3.63) is 63.1 Å². The van der Waals surface area contributed by atoms with Crippen LogP contribution in [0.5, 0.6) is 0 Å². The molecule has 0 saturated carbocycles. The van der Waals surface area contributed by atoms with E-state index in [0.717, 1.165) is 5.69 Å². The van der Waals surface area contributed by atoms with E-state index in [4.69, 9.17) is 34.8 Å². The summed E-state index contributed by atoms with van der Waals surface area (Å²) in [6, 6.07) is 12.0. The summed E-state index contributed by atoms with van der Waals surface area (Å²) in [5.41, 5.74) is 1.19. The van der Waals surface area contributed by atoms with Crippen molar-refractivity contribution in [3.63, 3.8) is 0 Å². The highest BCUT2D eigenvalue weighted by molar-refractivity contribution is 7.89. The number of rotatable bonds is 6. The average Bonchev–Trinajstić information content (AvgIpc) is 2.69. The molecule has 1 aliphatic rings. The predicted molar refractivity (Wildman–Crippen MR) is 118 cm³/mol. The molecule has 1 heterocycles. The first-order chi connectivity index (χ1) is 13.8. The van der Waals surface area contributed by atoms with E-state index in [9.17, 15) is 13.2 Å². The van der Waals surface area contributed by atoms with Gasteiger partial charge in [0.15, 0.2) is 0 Å². The maximum atomic E-state index is 12.6. The zero-order valence-electron chi connectivity index (χ0n) is 15.4. The molecular formula is C19H20Cl3N3O3S. The molecule has 0 aromatic heterocycles. The number of anilines is 1. The van der Waals surface area contributed by atoms with Crippen molar-refractivity contribution in [2.75, 3.05) is 43.4 Å². The van der Waals surface area contributed by atoms with Crippen LogP contribution in [0, 0.1) is 0 Å². The molecule has 1 amide bonds. The number of nitrogens with zero attached hydrogens (tertiary/aromatic N) is 2. The Kier molecular flexibility index (Phi) is 7.29. The molecule has 0 bridgehead atoms. The second-order valence-corrected chi connectivity index (χ2v) is 9.93. The number of hydrogen-bond donors (Lipinski definition) is 1. The third kappa shape index (κ3) is 5.77. The van der Waals surface area contributed by atoms with E-state index in [-0.39, 0.29) is 22.9 Å². The SMILES string of the molecule is O=C(NCCS(=O)(=O)N1CCN(c2cccc(Cl)c2)CC1)c1cc(Cl)ccc1Cl. The minimum atomic E-state index is -3.49. The van der Waals surface area contributed by atoms with Gasteiger partial charge in [-0.05, 0) is 36.4 Å². The van der Waals surface area contributed by atoms with Crippen molar-refractivity contribution in [2.45, 2.75) is 0 Å². The largest absolute Gasteiger partial charge is 0.369 e. The Labute approximate surface area is 185 Å². The van der Waals surface area contributed by atoms with E-state index >= 15 is 0 Å². The first kappa shape index (κ1) is 22.2. The molecule has 1 saturated heterocycles. The zero-order chi connectivity index (χ0) is 21.0. The molecule has 2 aromatic carbocycles. The second kappa shape index (κ2) is 9.53. The summed E-state index contributed by atoms with van der Waals surface area (Å²) in [5, 5.41) is 3.87. The zero-order valence-corrected chi connectivity index (χ0v) is 18.5. The molecule has 1 aliphatic heterocycles. The fourth-order valence-corrected chi connectivity index (χ4v) is 4.98. The van der Waals surface area contributed by atoms with Crippen molar-refractivity contribution in [3.8, 4) is 0 Å². The Morgan fingerprint density at radius 2 is 1.66 bits per heavy atom. The molecule has 10 heteroatoms. The lowest BCUT2D eigenvalue weighted by Crippen LogP contribution is -2.50. The quantitative estimate of drug-likeness (QED) is 0.692. The molecule has 0 atom stereocenters. The number of carbonyl (C=O) groups is 1. The van der Waals surface area contributed by atoms with Crippen LogP contribution in [0.15, 0.2) is 42.5 Å². The van der Waals surface area contributed by atoms with Gasteiger partial charge in [0.1, 0.15) is 0 Å². The first-order valence-corrected chi connectivity index (χ1v) is 11.7. The van der Waals surface area contributed by atoms with Gasteiger partial charge in [-0.25, -0.2) is 8.42 Å². The summed E-state index contributed by atoms with van der Waals surface area (Å²) in [6.07, 6.45) is 0. The van der Waals surface area contributed by atoms with Gasteiger partial charge < -0.3 is 10.2 Å². The summed E-state index contributed by atoms with van der Waals surface area (Å²) >= 11 is 17.9. The van der Waals surface area contributed by atoms with Crippen LogP contribution in [0.2, 0.25) is 15.1 Å². The average molecular weight is 477 g/mol. The van der Waals surface area contributed by atoms with Gasteiger partial charge in [-0.1, -0.05) is 40.9 Å². The topological polar surface area (TPSA) is 69.7 Å². The van der Waals surface area contributed by atoms with Crippen LogP contribution in [0.25, 0.3) is 0 Å². The first-order valence-electron chi connectivity index (χ1n) is 8.98. The van der Waals surface area contributed by atoms with Crippen LogP contribution in [-0.2, 0) is 10.0 Å². The summed E-state index contributed by atoms with van der Waals surface area (Å²) < 4.78 is 26.7. The minimum Gasteiger partial charge on any atom is -0.369 e. The molecule has 3 rings (SSSR count). The van der Waals surface area contributed by atoms with Crippen LogP contribution in [-0.4, -0.2) is 57.1 Å². The van der Waals surface area contributed by atoms with E-state index in [2.05, 4.69) is 10.2 Å². The maximum Gasteiger partial charge on any atom is 0.252 e. The number of amides is 1. The Morgan fingerprint density at radius 3 is 2.34 bits per heavy atom. The smallest absolute Gasteiger partial charge is 0.252 e. The molecule has 156 valence electrons. The van der Waals surface area contributed by atoms with Gasteiger partial charge in [0, 0.05) is 48.5 Å². The van der Waals surface area contributed by atoms with Crippen molar-refractivity contribution < 1.29 is 13.2 Å². The molecule has 29 heavy (non-hydrogen) atoms. The number of nitrogens with one attached hydrogen (secondary N) is 1. The van der Waals surface area contributed by atoms with Gasteiger partial charge in [-0.15, -0.1) is 0 Å². The van der Waals surface area contributed by atoms with Crippen LogP contribution in [0.1, 0.15) is 10.4 Å². The summed E-state index contributed by atoms with van der Waals surface area (Å²) in [4.78, 5) is 14.3. The van der Waals surface area contributed by atoms with Crippen LogP contribution in [0.3, 0.4) is 0 Å². The van der Waals surface area contributed by atoms with Crippen molar-refractivity contribution in [1.82, 2.24) is 9.62 Å². The van der Waals surface area contributed by atoms with E-state index < -0.39 is 15.9 Å². The van der Waals surface area contributed by atoms with E-state index in [1.807, 2.05) is 18.2 Å². The molecular weight excluding hydrogens is 457 g/mol. The number of sulfonamides is 1. The number of carbonyl (C=O) groups excluding carboxylic acids is 1. The highest BCUT2D eigenvalue weighted by Crippen LogP contribution is 2.22.